The van der Waals surface area contributed by atoms with Crippen molar-refractivity contribution in [3.63, 3.8) is 0 Å². The van der Waals surface area contributed by atoms with Gasteiger partial charge in [0.15, 0.2) is 0 Å². The molecule has 1 heterocycles. The lowest BCUT2D eigenvalue weighted by atomic mass is 9.87. The molecule has 2 rings (SSSR count). The molecule has 4 nitrogen and oxygen atoms in total. The zero-order valence-electron chi connectivity index (χ0n) is 9.65. The number of hydrogen-bond acceptors (Lipinski definition) is 4. The summed E-state index contributed by atoms with van der Waals surface area (Å²) in [7, 11) is 1.73. The van der Waals surface area contributed by atoms with Gasteiger partial charge in [-0.15, -0.1) is 0 Å². The van der Waals surface area contributed by atoms with E-state index in [4.69, 9.17) is 16.2 Å². The molecule has 0 aliphatic heterocycles. The molecular formula is C12H19N3O. The quantitative estimate of drug-likeness (QED) is 0.813. The van der Waals surface area contributed by atoms with Crippen molar-refractivity contribution in [2.75, 3.05) is 12.8 Å². The normalized spacial score (nSPS) is 20.9. The molecule has 4 N–H and O–H groups in total. The van der Waals surface area contributed by atoms with Crippen molar-refractivity contribution in [3.8, 4) is 0 Å². The van der Waals surface area contributed by atoms with Crippen molar-refractivity contribution in [2.45, 2.75) is 37.3 Å². The molecular weight excluding hydrogens is 202 g/mol. The van der Waals surface area contributed by atoms with E-state index >= 15 is 0 Å². The van der Waals surface area contributed by atoms with Gasteiger partial charge in [0, 0.05) is 30.8 Å². The molecule has 1 aliphatic carbocycles. The smallest absolute Gasteiger partial charge is 0.0871 e. The van der Waals surface area contributed by atoms with E-state index in [1.807, 2.05) is 0 Å². The van der Waals surface area contributed by atoms with Gasteiger partial charge in [-0.2, -0.15) is 0 Å². The summed E-state index contributed by atoms with van der Waals surface area (Å²) in [6.45, 7) is 0. The van der Waals surface area contributed by atoms with E-state index < -0.39 is 0 Å². The van der Waals surface area contributed by atoms with Crippen LogP contribution in [0.15, 0.2) is 18.5 Å². The van der Waals surface area contributed by atoms with Crippen molar-refractivity contribution in [2.24, 2.45) is 5.73 Å². The number of pyridine rings is 1. The van der Waals surface area contributed by atoms with Gasteiger partial charge in [-0.25, -0.2) is 0 Å². The Hall–Kier alpha value is -1.13. The molecule has 1 saturated carbocycles. The average Bonchev–Trinajstić information content (AvgIpc) is 2.78. The Balaban J connectivity index is 2.30. The number of hydrogen-bond donors (Lipinski definition) is 2. The lowest BCUT2D eigenvalue weighted by molar-refractivity contribution is -0.0263. The van der Waals surface area contributed by atoms with Crippen LogP contribution in [0.5, 0.6) is 0 Å². The third kappa shape index (κ3) is 1.79. The van der Waals surface area contributed by atoms with Gasteiger partial charge in [-0.05, 0) is 18.9 Å². The summed E-state index contributed by atoms with van der Waals surface area (Å²) in [4.78, 5) is 4.09. The fourth-order valence-electron chi connectivity index (χ4n) is 2.58. The molecule has 0 amide bonds. The first-order chi connectivity index (χ1) is 7.69. The second kappa shape index (κ2) is 4.39. The van der Waals surface area contributed by atoms with E-state index in [0.717, 1.165) is 18.4 Å². The van der Waals surface area contributed by atoms with Gasteiger partial charge in [-0.1, -0.05) is 12.8 Å². The first-order valence-electron chi connectivity index (χ1n) is 5.70. The Morgan fingerprint density at radius 3 is 2.69 bits per heavy atom. The van der Waals surface area contributed by atoms with Crippen LogP contribution in [0.4, 0.5) is 5.69 Å². The maximum atomic E-state index is 6.30. The summed E-state index contributed by atoms with van der Waals surface area (Å²) in [5.74, 6) is 0. The van der Waals surface area contributed by atoms with Gasteiger partial charge in [0.25, 0.3) is 0 Å². The Bertz CT molecular complexity index is 361. The fraction of sp³-hybridized carbons (Fsp3) is 0.583. The fourth-order valence-corrected chi connectivity index (χ4v) is 2.58. The number of methoxy groups -OCH3 is 1. The first-order valence-corrected chi connectivity index (χ1v) is 5.70. The summed E-state index contributed by atoms with van der Waals surface area (Å²) in [6.07, 6.45) is 7.76. The standard InChI is InChI=1S/C12H19N3O/c1-16-12(5-2-3-6-12)11(14)9-8-15-7-4-10(9)13/h4,7-8,11H,2-3,5-6,14H2,1H3,(H2,13,15). The van der Waals surface area contributed by atoms with Crippen molar-refractivity contribution >= 4 is 5.69 Å². The molecule has 0 aromatic carbocycles. The zero-order valence-corrected chi connectivity index (χ0v) is 9.65. The summed E-state index contributed by atoms with van der Waals surface area (Å²) in [5, 5.41) is 0. The Labute approximate surface area is 96.0 Å². The highest BCUT2D eigenvalue weighted by molar-refractivity contribution is 5.47. The number of aromatic nitrogens is 1. The van der Waals surface area contributed by atoms with Crippen LogP contribution in [0.2, 0.25) is 0 Å². The highest BCUT2D eigenvalue weighted by Gasteiger charge is 2.41. The predicted molar refractivity (Wildman–Crippen MR) is 63.8 cm³/mol. The van der Waals surface area contributed by atoms with Gasteiger partial charge >= 0.3 is 0 Å². The van der Waals surface area contributed by atoms with Gasteiger partial charge in [-0.3, -0.25) is 4.98 Å². The molecule has 0 bridgehead atoms. The maximum absolute atomic E-state index is 6.30. The molecule has 0 spiro atoms. The Kier molecular flexibility index (Phi) is 3.12. The van der Waals surface area contributed by atoms with Crippen LogP contribution >= 0.6 is 0 Å². The van der Waals surface area contributed by atoms with E-state index in [2.05, 4.69) is 4.98 Å². The van der Waals surface area contributed by atoms with Crippen LogP contribution in [0, 0.1) is 0 Å². The maximum Gasteiger partial charge on any atom is 0.0871 e. The number of nitrogen functional groups attached to an aromatic ring is 1. The van der Waals surface area contributed by atoms with Gasteiger partial charge < -0.3 is 16.2 Å². The number of nitrogens with zero attached hydrogens (tertiary/aromatic N) is 1. The van der Waals surface area contributed by atoms with Crippen LogP contribution in [0.3, 0.4) is 0 Å². The second-order valence-corrected chi connectivity index (χ2v) is 4.46. The molecule has 1 aromatic rings. The largest absolute Gasteiger partial charge is 0.398 e. The van der Waals surface area contributed by atoms with Crippen LogP contribution in [-0.4, -0.2) is 17.7 Å². The summed E-state index contributed by atoms with van der Waals surface area (Å²) >= 11 is 0. The molecule has 88 valence electrons. The molecule has 1 aromatic heterocycles. The molecule has 4 heteroatoms. The average molecular weight is 221 g/mol. The highest BCUT2D eigenvalue weighted by Crippen LogP contribution is 2.42. The minimum atomic E-state index is -0.253. The SMILES string of the molecule is COC1(C(N)c2cnccc2N)CCCC1. The summed E-state index contributed by atoms with van der Waals surface area (Å²) in [5.41, 5.74) is 13.6. The summed E-state index contributed by atoms with van der Waals surface area (Å²) in [6, 6.07) is 1.60. The lowest BCUT2D eigenvalue weighted by Crippen LogP contribution is -2.40. The van der Waals surface area contributed by atoms with Crippen molar-refractivity contribution < 1.29 is 4.74 Å². The van der Waals surface area contributed by atoms with E-state index in [0.29, 0.717) is 5.69 Å². The molecule has 0 radical (unpaired) electrons. The monoisotopic (exact) mass is 221 g/mol. The molecule has 1 unspecified atom stereocenters. The number of ether oxygens (including phenoxy) is 1. The summed E-state index contributed by atoms with van der Waals surface area (Å²) < 4.78 is 5.66. The van der Waals surface area contributed by atoms with Crippen molar-refractivity contribution in [1.29, 1.82) is 0 Å². The van der Waals surface area contributed by atoms with Crippen LogP contribution < -0.4 is 11.5 Å². The highest BCUT2D eigenvalue weighted by atomic mass is 16.5. The lowest BCUT2D eigenvalue weighted by Gasteiger charge is -2.34. The van der Waals surface area contributed by atoms with Gasteiger partial charge in [0.05, 0.1) is 11.6 Å². The molecule has 16 heavy (non-hydrogen) atoms. The number of anilines is 1. The number of nitrogens with two attached hydrogens (primary N) is 2. The number of rotatable bonds is 3. The Morgan fingerprint density at radius 1 is 1.44 bits per heavy atom. The van der Waals surface area contributed by atoms with Gasteiger partial charge in [0.2, 0.25) is 0 Å². The topological polar surface area (TPSA) is 74.2 Å². The van der Waals surface area contributed by atoms with E-state index in [1.165, 1.54) is 12.8 Å². The van der Waals surface area contributed by atoms with Gasteiger partial charge in [0.1, 0.15) is 0 Å². The predicted octanol–water partition coefficient (Wildman–Crippen LogP) is 1.62. The molecule has 0 saturated heterocycles. The minimum absolute atomic E-state index is 0.186. The Morgan fingerprint density at radius 2 is 2.12 bits per heavy atom. The molecule has 1 atom stereocenters. The zero-order chi connectivity index (χ0) is 11.6. The molecule has 1 fully saturated rings. The van der Waals surface area contributed by atoms with E-state index in [-0.39, 0.29) is 11.6 Å². The van der Waals surface area contributed by atoms with E-state index in [9.17, 15) is 0 Å². The third-order valence-electron chi connectivity index (χ3n) is 3.65. The van der Waals surface area contributed by atoms with Crippen molar-refractivity contribution in [3.05, 3.63) is 24.0 Å². The van der Waals surface area contributed by atoms with Crippen LogP contribution in [0.1, 0.15) is 37.3 Å². The molecule has 1 aliphatic rings. The second-order valence-electron chi connectivity index (χ2n) is 4.46. The van der Waals surface area contributed by atoms with E-state index in [1.54, 1.807) is 25.6 Å². The third-order valence-corrected chi connectivity index (χ3v) is 3.65. The van der Waals surface area contributed by atoms with Crippen LogP contribution in [0.25, 0.3) is 0 Å². The van der Waals surface area contributed by atoms with Crippen molar-refractivity contribution in [1.82, 2.24) is 4.98 Å². The first kappa shape index (κ1) is 11.4. The minimum Gasteiger partial charge on any atom is -0.398 e. The van der Waals surface area contributed by atoms with Crippen LogP contribution in [-0.2, 0) is 4.74 Å².